The van der Waals surface area contributed by atoms with Crippen LogP contribution in [0.5, 0.6) is 11.5 Å². The van der Waals surface area contributed by atoms with Crippen molar-refractivity contribution in [3.8, 4) is 17.6 Å². The predicted molar refractivity (Wildman–Crippen MR) is 87.9 cm³/mol. The van der Waals surface area contributed by atoms with Crippen LogP contribution in [0.2, 0.25) is 0 Å². The van der Waals surface area contributed by atoms with Gasteiger partial charge in [0, 0.05) is 11.6 Å². The Kier molecular flexibility index (Phi) is 5.48. The summed E-state index contributed by atoms with van der Waals surface area (Å²) < 4.78 is 16.1. The van der Waals surface area contributed by atoms with E-state index in [2.05, 4.69) is 5.32 Å². The number of nitrogens with zero attached hydrogens (tertiary/aromatic N) is 1. The van der Waals surface area contributed by atoms with E-state index < -0.39 is 0 Å². The molecule has 1 atom stereocenters. The zero-order valence-corrected chi connectivity index (χ0v) is 14.2. The number of ether oxygens (including phenoxy) is 2. The molecule has 0 bridgehead atoms. The molecule has 126 valence electrons. The molecular weight excluding hydrogens is 308 g/mol. The number of carbonyl (C=O) groups is 1. The van der Waals surface area contributed by atoms with Gasteiger partial charge in [0.05, 0.1) is 24.8 Å². The molecular formula is C18H20N2O4. The molecule has 1 amide bonds. The summed E-state index contributed by atoms with van der Waals surface area (Å²) in [5, 5.41) is 11.7. The average Bonchev–Trinajstić information content (AvgIpc) is 2.91. The van der Waals surface area contributed by atoms with Crippen molar-refractivity contribution in [3.05, 3.63) is 46.9 Å². The summed E-state index contributed by atoms with van der Waals surface area (Å²) in [6.45, 7) is 5.47. The zero-order chi connectivity index (χ0) is 17.7. The molecule has 0 aliphatic heterocycles. The highest BCUT2D eigenvalue weighted by Crippen LogP contribution is 2.27. The van der Waals surface area contributed by atoms with Crippen molar-refractivity contribution in [3.63, 3.8) is 0 Å². The summed E-state index contributed by atoms with van der Waals surface area (Å²) in [6, 6.07) is 8.53. The van der Waals surface area contributed by atoms with Gasteiger partial charge in [-0.25, -0.2) is 0 Å². The third kappa shape index (κ3) is 4.07. The van der Waals surface area contributed by atoms with Crippen LogP contribution >= 0.6 is 0 Å². The van der Waals surface area contributed by atoms with Gasteiger partial charge in [0.1, 0.15) is 11.5 Å². The van der Waals surface area contributed by atoms with Gasteiger partial charge in [0.25, 0.3) is 5.91 Å². The molecule has 24 heavy (non-hydrogen) atoms. The monoisotopic (exact) mass is 328 g/mol. The molecule has 6 heteroatoms. The predicted octanol–water partition coefficient (Wildman–Crippen LogP) is 3.03. The van der Waals surface area contributed by atoms with E-state index in [9.17, 15) is 4.79 Å². The normalized spacial score (nSPS) is 11.5. The summed E-state index contributed by atoms with van der Waals surface area (Å²) >= 11 is 0. The van der Waals surface area contributed by atoms with Crippen molar-refractivity contribution in [2.45, 2.75) is 26.8 Å². The molecule has 0 radical (unpaired) electrons. The lowest BCUT2D eigenvalue weighted by molar-refractivity contribution is -0.123. The van der Waals surface area contributed by atoms with Gasteiger partial charge in [0.2, 0.25) is 0 Å². The van der Waals surface area contributed by atoms with E-state index in [-0.39, 0.29) is 18.6 Å². The Morgan fingerprint density at radius 2 is 2.08 bits per heavy atom. The molecule has 2 aromatic rings. The highest BCUT2D eigenvalue weighted by molar-refractivity contribution is 5.78. The Morgan fingerprint density at radius 3 is 2.67 bits per heavy atom. The van der Waals surface area contributed by atoms with E-state index in [4.69, 9.17) is 19.2 Å². The quantitative estimate of drug-likeness (QED) is 0.881. The largest absolute Gasteiger partial charge is 0.493 e. The molecule has 6 nitrogen and oxygen atoms in total. The lowest BCUT2D eigenvalue weighted by atomic mass is 10.1. The van der Waals surface area contributed by atoms with Gasteiger partial charge in [-0.2, -0.15) is 5.26 Å². The Hall–Kier alpha value is -2.94. The van der Waals surface area contributed by atoms with Crippen LogP contribution in [-0.4, -0.2) is 19.6 Å². The summed E-state index contributed by atoms with van der Waals surface area (Å²) in [5.74, 6) is 2.16. The van der Waals surface area contributed by atoms with Gasteiger partial charge >= 0.3 is 0 Å². The van der Waals surface area contributed by atoms with Crippen molar-refractivity contribution >= 4 is 5.91 Å². The number of hydrogen-bond acceptors (Lipinski definition) is 5. The topological polar surface area (TPSA) is 84.5 Å². The first-order chi connectivity index (χ1) is 11.4. The molecule has 0 aliphatic carbocycles. The van der Waals surface area contributed by atoms with Crippen molar-refractivity contribution in [2.24, 2.45) is 0 Å². The summed E-state index contributed by atoms with van der Waals surface area (Å²) in [7, 11) is 1.48. The van der Waals surface area contributed by atoms with Crippen molar-refractivity contribution in [1.82, 2.24) is 5.32 Å². The number of benzene rings is 1. The van der Waals surface area contributed by atoms with Crippen LogP contribution in [0.15, 0.2) is 28.7 Å². The molecule has 1 heterocycles. The van der Waals surface area contributed by atoms with Crippen LogP contribution in [0.25, 0.3) is 0 Å². The molecule has 1 aromatic heterocycles. The highest BCUT2D eigenvalue weighted by Gasteiger charge is 2.16. The second-order valence-corrected chi connectivity index (χ2v) is 5.42. The van der Waals surface area contributed by atoms with Crippen molar-refractivity contribution in [1.29, 1.82) is 5.26 Å². The lowest BCUT2D eigenvalue weighted by Gasteiger charge is -2.14. The maximum atomic E-state index is 12.1. The average molecular weight is 328 g/mol. The number of hydrogen-bond donors (Lipinski definition) is 1. The van der Waals surface area contributed by atoms with Crippen molar-refractivity contribution in [2.75, 3.05) is 13.7 Å². The Bertz CT molecular complexity index is 774. The summed E-state index contributed by atoms with van der Waals surface area (Å²) in [4.78, 5) is 12.1. The number of methoxy groups -OCH3 is 1. The molecule has 2 rings (SSSR count). The van der Waals surface area contributed by atoms with E-state index in [0.717, 1.165) is 17.1 Å². The number of carbonyl (C=O) groups excluding carboxylic acids is 1. The second kappa shape index (κ2) is 7.55. The SMILES string of the molecule is COc1cc(C#N)ccc1OCC(=O)N[C@H](C)c1cc(C)oc1C. The van der Waals surface area contributed by atoms with E-state index in [1.807, 2.05) is 32.9 Å². The fraction of sp³-hybridized carbons (Fsp3) is 0.333. The van der Waals surface area contributed by atoms with E-state index >= 15 is 0 Å². The molecule has 0 unspecified atom stereocenters. The molecule has 1 N–H and O–H groups in total. The number of furan rings is 1. The standard InChI is InChI=1S/C18H20N2O4/c1-11-7-15(13(3)24-11)12(2)20-18(21)10-23-16-6-5-14(9-19)8-17(16)22-4/h5-8,12H,10H2,1-4H3,(H,20,21)/t12-/m1/s1. The summed E-state index contributed by atoms with van der Waals surface area (Å²) in [5.41, 5.74) is 1.40. The minimum atomic E-state index is -0.257. The molecule has 0 saturated heterocycles. The van der Waals surface area contributed by atoms with Crippen molar-refractivity contribution < 1.29 is 18.7 Å². The minimum Gasteiger partial charge on any atom is -0.493 e. The zero-order valence-electron chi connectivity index (χ0n) is 14.2. The maximum Gasteiger partial charge on any atom is 0.258 e. The second-order valence-electron chi connectivity index (χ2n) is 5.42. The number of nitriles is 1. The van der Waals surface area contributed by atoms with Crippen LogP contribution in [0, 0.1) is 25.2 Å². The molecule has 0 fully saturated rings. The van der Waals surface area contributed by atoms with Gasteiger partial charge in [-0.3, -0.25) is 4.79 Å². The van der Waals surface area contributed by atoms with Crippen LogP contribution in [-0.2, 0) is 4.79 Å². The van der Waals surface area contributed by atoms with Gasteiger partial charge in [0.15, 0.2) is 18.1 Å². The Balaban J connectivity index is 1.96. The fourth-order valence-electron chi connectivity index (χ4n) is 2.44. The van der Waals surface area contributed by atoms with Gasteiger partial charge < -0.3 is 19.2 Å². The smallest absolute Gasteiger partial charge is 0.258 e. The van der Waals surface area contributed by atoms with Gasteiger partial charge in [-0.1, -0.05) is 0 Å². The van der Waals surface area contributed by atoms with Gasteiger partial charge in [-0.15, -0.1) is 0 Å². The maximum absolute atomic E-state index is 12.1. The first-order valence-electron chi connectivity index (χ1n) is 7.51. The van der Waals surface area contributed by atoms with Crippen LogP contribution in [0.4, 0.5) is 0 Å². The number of aryl methyl sites for hydroxylation is 2. The molecule has 0 aliphatic rings. The summed E-state index contributed by atoms with van der Waals surface area (Å²) in [6.07, 6.45) is 0. The van der Waals surface area contributed by atoms with E-state index in [1.54, 1.807) is 18.2 Å². The van der Waals surface area contributed by atoms with Crippen LogP contribution < -0.4 is 14.8 Å². The third-order valence-electron chi connectivity index (χ3n) is 3.57. The lowest BCUT2D eigenvalue weighted by Crippen LogP contribution is -2.31. The van der Waals surface area contributed by atoms with Gasteiger partial charge in [-0.05, 0) is 39.0 Å². The van der Waals surface area contributed by atoms with Crippen LogP contribution in [0.1, 0.15) is 35.6 Å². The Morgan fingerprint density at radius 1 is 1.33 bits per heavy atom. The molecule has 1 aromatic carbocycles. The number of nitrogens with one attached hydrogen (secondary N) is 1. The van der Waals surface area contributed by atoms with Crippen LogP contribution in [0.3, 0.4) is 0 Å². The first-order valence-corrected chi connectivity index (χ1v) is 7.51. The minimum absolute atomic E-state index is 0.150. The van der Waals surface area contributed by atoms with E-state index in [1.165, 1.54) is 7.11 Å². The Labute approximate surface area is 141 Å². The molecule has 0 spiro atoms. The highest BCUT2D eigenvalue weighted by atomic mass is 16.5. The number of rotatable bonds is 6. The fourth-order valence-corrected chi connectivity index (χ4v) is 2.44. The third-order valence-corrected chi connectivity index (χ3v) is 3.57. The molecule has 0 saturated carbocycles. The first kappa shape index (κ1) is 17.4. The van der Waals surface area contributed by atoms with E-state index in [0.29, 0.717) is 17.1 Å². The number of amides is 1.